The molecule has 0 spiro atoms. The molecule has 5 rings (SSSR count). The van der Waals surface area contributed by atoms with Crippen LogP contribution in [-0.4, -0.2) is 19.5 Å². The zero-order chi connectivity index (χ0) is 21.9. The lowest BCUT2D eigenvalue weighted by atomic mass is 9.89. The molecule has 0 saturated heterocycles. The van der Waals surface area contributed by atoms with E-state index in [4.69, 9.17) is 4.98 Å². The third-order valence-electron chi connectivity index (χ3n) is 6.04. The second-order valence-corrected chi connectivity index (χ2v) is 8.29. The molecule has 1 saturated carbocycles. The highest BCUT2D eigenvalue weighted by Crippen LogP contribution is 2.27. The van der Waals surface area contributed by atoms with Crippen molar-refractivity contribution < 1.29 is 4.39 Å². The van der Waals surface area contributed by atoms with Crippen LogP contribution in [0, 0.1) is 11.7 Å². The molecule has 1 aromatic carbocycles. The van der Waals surface area contributed by atoms with Crippen molar-refractivity contribution in [3.63, 3.8) is 0 Å². The Morgan fingerprint density at radius 3 is 2.44 bits per heavy atom. The maximum atomic E-state index is 13.5. The Balaban J connectivity index is 1.62. The largest absolute Gasteiger partial charge is 0.335 e. The van der Waals surface area contributed by atoms with E-state index >= 15 is 0 Å². The maximum absolute atomic E-state index is 13.5. The Morgan fingerprint density at radius 2 is 1.69 bits per heavy atom. The first-order chi connectivity index (χ1) is 15.7. The van der Waals surface area contributed by atoms with Crippen LogP contribution < -0.4 is 10.9 Å². The Hall–Kier alpha value is -3.61. The van der Waals surface area contributed by atoms with Gasteiger partial charge in [-0.1, -0.05) is 19.3 Å². The minimum Gasteiger partial charge on any atom is -0.335 e. The van der Waals surface area contributed by atoms with Crippen molar-refractivity contribution in [1.29, 1.82) is 0 Å². The number of nitrogens with one attached hydrogen (secondary N) is 1. The number of fused-ring (bicyclic) bond motifs is 1. The third kappa shape index (κ3) is 4.23. The van der Waals surface area contributed by atoms with Crippen LogP contribution in [0.4, 0.5) is 15.9 Å². The molecular formula is C25H24FN5O. The highest BCUT2D eigenvalue weighted by atomic mass is 19.1. The molecule has 162 valence electrons. The summed E-state index contributed by atoms with van der Waals surface area (Å²) in [7, 11) is 0. The van der Waals surface area contributed by atoms with E-state index in [1.807, 2.05) is 12.1 Å². The van der Waals surface area contributed by atoms with Crippen LogP contribution in [0.25, 0.3) is 22.4 Å². The second kappa shape index (κ2) is 8.86. The highest BCUT2D eigenvalue weighted by Gasteiger charge is 2.19. The van der Waals surface area contributed by atoms with Gasteiger partial charge in [-0.25, -0.2) is 14.4 Å². The van der Waals surface area contributed by atoms with Gasteiger partial charge in [-0.3, -0.25) is 14.3 Å². The Morgan fingerprint density at radius 1 is 0.938 bits per heavy atom. The van der Waals surface area contributed by atoms with Crippen LogP contribution in [-0.2, 0) is 6.54 Å². The quantitative estimate of drug-likeness (QED) is 0.465. The molecule has 6 nitrogen and oxygen atoms in total. The van der Waals surface area contributed by atoms with E-state index in [1.54, 1.807) is 41.2 Å². The lowest BCUT2D eigenvalue weighted by Gasteiger charge is -2.23. The summed E-state index contributed by atoms with van der Waals surface area (Å²) in [4.78, 5) is 26.9. The van der Waals surface area contributed by atoms with Crippen molar-refractivity contribution >= 4 is 22.7 Å². The molecule has 0 amide bonds. The van der Waals surface area contributed by atoms with Crippen molar-refractivity contribution in [1.82, 2.24) is 19.5 Å². The first kappa shape index (κ1) is 20.3. The van der Waals surface area contributed by atoms with Crippen LogP contribution in [0.15, 0.2) is 65.7 Å². The van der Waals surface area contributed by atoms with E-state index in [0.29, 0.717) is 29.3 Å². The Kier molecular flexibility index (Phi) is 5.62. The van der Waals surface area contributed by atoms with Gasteiger partial charge in [0.25, 0.3) is 5.56 Å². The zero-order valence-corrected chi connectivity index (χ0v) is 17.7. The van der Waals surface area contributed by atoms with Gasteiger partial charge in [0.2, 0.25) is 0 Å². The number of nitrogens with zero attached hydrogens (tertiary/aromatic N) is 4. The molecule has 1 aliphatic carbocycles. The molecule has 1 aliphatic rings. The van der Waals surface area contributed by atoms with Gasteiger partial charge < -0.3 is 5.32 Å². The van der Waals surface area contributed by atoms with E-state index in [2.05, 4.69) is 15.3 Å². The third-order valence-corrected chi connectivity index (χ3v) is 6.04. The molecule has 3 aromatic heterocycles. The summed E-state index contributed by atoms with van der Waals surface area (Å²) in [6.45, 7) is 0.614. The van der Waals surface area contributed by atoms with Gasteiger partial charge in [-0.2, -0.15) is 0 Å². The average molecular weight is 429 g/mol. The number of hydrogen-bond acceptors (Lipinski definition) is 5. The van der Waals surface area contributed by atoms with Crippen molar-refractivity contribution in [3.8, 4) is 11.3 Å². The molecule has 4 aromatic rings. The number of aromatic nitrogens is 4. The summed E-state index contributed by atoms with van der Waals surface area (Å²) in [6.07, 6.45) is 9.20. The lowest BCUT2D eigenvalue weighted by molar-refractivity contribution is 0.319. The molecule has 0 bridgehead atoms. The van der Waals surface area contributed by atoms with Crippen molar-refractivity contribution in [3.05, 3.63) is 77.1 Å². The van der Waals surface area contributed by atoms with Crippen LogP contribution in [0.3, 0.4) is 0 Å². The number of pyridine rings is 2. The summed E-state index contributed by atoms with van der Waals surface area (Å²) in [5, 5.41) is 3.14. The summed E-state index contributed by atoms with van der Waals surface area (Å²) >= 11 is 0. The molecule has 3 heterocycles. The molecule has 32 heavy (non-hydrogen) atoms. The molecule has 0 aliphatic heterocycles. The first-order valence-corrected chi connectivity index (χ1v) is 11.0. The van der Waals surface area contributed by atoms with Gasteiger partial charge in [0.15, 0.2) is 11.5 Å². The number of hydrogen-bond donors (Lipinski definition) is 1. The fraction of sp³-hybridized carbons (Fsp3) is 0.280. The highest BCUT2D eigenvalue weighted by molar-refractivity contribution is 5.77. The van der Waals surface area contributed by atoms with Gasteiger partial charge in [0.1, 0.15) is 11.3 Å². The second-order valence-electron chi connectivity index (χ2n) is 8.29. The molecule has 0 atom stereocenters. The van der Waals surface area contributed by atoms with Gasteiger partial charge in [-0.15, -0.1) is 0 Å². The van der Waals surface area contributed by atoms with Gasteiger partial charge in [0.05, 0.1) is 5.69 Å². The van der Waals surface area contributed by atoms with Crippen LogP contribution >= 0.6 is 0 Å². The molecule has 0 radical (unpaired) electrons. The topological polar surface area (TPSA) is 72.7 Å². The van der Waals surface area contributed by atoms with E-state index < -0.39 is 0 Å². The summed E-state index contributed by atoms with van der Waals surface area (Å²) < 4.78 is 15.1. The van der Waals surface area contributed by atoms with Crippen molar-refractivity contribution in [2.24, 2.45) is 5.92 Å². The summed E-state index contributed by atoms with van der Waals surface area (Å²) in [5.41, 5.74) is 3.24. The number of benzene rings is 1. The lowest BCUT2D eigenvalue weighted by Crippen LogP contribution is -2.28. The SMILES string of the molecule is O=c1c(Nc2ccncc2)nc2ccc(-c3ccc(F)cc3)nc2n1CC1CCCCC1. The van der Waals surface area contributed by atoms with Crippen LogP contribution in [0.5, 0.6) is 0 Å². The first-order valence-electron chi connectivity index (χ1n) is 11.0. The Labute approximate surface area is 185 Å². The van der Waals surface area contributed by atoms with Crippen molar-refractivity contribution in [2.75, 3.05) is 5.32 Å². The Bertz CT molecular complexity index is 1280. The molecule has 7 heteroatoms. The predicted octanol–water partition coefficient (Wildman–Crippen LogP) is 5.32. The maximum Gasteiger partial charge on any atom is 0.295 e. The summed E-state index contributed by atoms with van der Waals surface area (Å²) in [5.74, 6) is 0.421. The smallest absolute Gasteiger partial charge is 0.295 e. The fourth-order valence-corrected chi connectivity index (χ4v) is 4.35. The molecule has 1 fully saturated rings. The number of rotatable bonds is 5. The minimum absolute atomic E-state index is 0.191. The predicted molar refractivity (Wildman–Crippen MR) is 123 cm³/mol. The van der Waals surface area contributed by atoms with Crippen molar-refractivity contribution in [2.45, 2.75) is 38.6 Å². The fourth-order valence-electron chi connectivity index (χ4n) is 4.35. The van der Waals surface area contributed by atoms with Crippen LogP contribution in [0.2, 0.25) is 0 Å². The van der Waals surface area contributed by atoms with Gasteiger partial charge in [-0.05, 0) is 67.3 Å². The van der Waals surface area contributed by atoms with Gasteiger partial charge >= 0.3 is 0 Å². The standard InChI is InChI=1S/C25H24FN5O/c26-19-8-6-18(7-9-19)21-10-11-22-24(30-21)31(16-17-4-2-1-3-5-17)25(32)23(29-22)28-20-12-14-27-15-13-20/h6-15,17H,1-5,16H2,(H,27,28,29). The number of halogens is 1. The molecule has 0 unspecified atom stereocenters. The van der Waals surface area contributed by atoms with E-state index in [9.17, 15) is 9.18 Å². The monoisotopic (exact) mass is 429 g/mol. The van der Waals surface area contributed by atoms with E-state index in [-0.39, 0.29) is 17.2 Å². The molecule has 1 N–H and O–H groups in total. The summed E-state index contributed by atoms with van der Waals surface area (Å²) in [6, 6.07) is 13.5. The zero-order valence-electron chi connectivity index (χ0n) is 17.7. The van der Waals surface area contributed by atoms with Gasteiger partial charge in [0, 0.05) is 30.2 Å². The number of anilines is 2. The molecular weight excluding hydrogens is 405 g/mol. The van der Waals surface area contributed by atoms with E-state index in [1.165, 1.54) is 31.4 Å². The normalized spacial score (nSPS) is 14.5. The average Bonchev–Trinajstić information content (AvgIpc) is 2.83. The van der Waals surface area contributed by atoms with Crippen LogP contribution in [0.1, 0.15) is 32.1 Å². The van der Waals surface area contributed by atoms with E-state index in [0.717, 1.165) is 24.1 Å². The minimum atomic E-state index is -0.294.